The van der Waals surface area contributed by atoms with Gasteiger partial charge in [-0.1, -0.05) is 18.2 Å². The van der Waals surface area contributed by atoms with E-state index in [4.69, 9.17) is 0 Å². The maximum atomic E-state index is 13.2. The van der Waals surface area contributed by atoms with Gasteiger partial charge in [0.1, 0.15) is 11.5 Å². The van der Waals surface area contributed by atoms with Gasteiger partial charge in [-0.15, -0.1) is 0 Å². The molecule has 4 aromatic rings. The second-order valence-corrected chi connectivity index (χ2v) is 4.97. The molecule has 0 saturated carbocycles. The molecule has 0 aliphatic rings. The van der Waals surface area contributed by atoms with E-state index in [0.717, 1.165) is 0 Å². The monoisotopic (exact) mass is 291 g/mol. The van der Waals surface area contributed by atoms with Crippen molar-refractivity contribution in [3.05, 3.63) is 70.8 Å². The Balaban J connectivity index is 1.94. The van der Waals surface area contributed by atoms with E-state index < -0.39 is 0 Å². The van der Waals surface area contributed by atoms with Crippen molar-refractivity contribution >= 4 is 21.8 Å². The molecule has 106 valence electrons. The SMILES string of the molecule is O=c1[nH]c(-c2ccc3cc(F)ccc3n2)nc2ccccc12. The number of para-hydroxylation sites is 1. The third-order valence-corrected chi connectivity index (χ3v) is 3.51. The molecule has 0 spiro atoms. The molecule has 0 unspecified atom stereocenters. The molecule has 2 aromatic carbocycles. The predicted molar refractivity (Wildman–Crippen MR) is 83.1 cm³/mol. The van der Waals surface area contributed by atoms with Crippen LogP contribution >= 0.6 is 0 Å². The van der Waals surface area contributed by atoms with Crippen LogP contribution in [0.15, 0.2) is 59.4 Å². The van der Waals surface area contributed by atoms with Crippen molar-refractivity contribution in [1.29, 1.82) is 0 Å². The van der Waals surface area contributed by atoms with Crippen LogP contribution in [0, 0.1) is 5.82 Å². The van der Waals surface area contributed by atoms with Crippen molar-refractivity contribution < 1.29 is 4.39 Å². The number of halogens is 1. The molecular formula is C17H10FN3O. The minimum Gasteiger partial charge on any atom is -0.305 e. The molecule has 0 radical (unpaired) electrons. The number of fused-ring (bicyclic) bond motifs is 2. The maximum Gasteiger partial charge on any atom is 0.259 e. The third-order valence-electron chi connectivity index (χ3n) is 3.51. The number of H-pyrrole nitrogens is 1. The van der Waals surface area contributed by atoms with E-state index in [1.54, 1.807) is 36.4 Å². The van der Waals surface area contributed by atoms with Gasteiger partial charge >= 0.3 is 0 Å². The van der Waals surface area contributed by atoms with E-state index in [9.17, 15) is 9.18 Å². The van der Waals surface area contributed by atoms with Gasteiger partial charge < -0.3 is 4.98 Å². The Hall–Kier alpha value is -3.08. The molecule has 0 amide bonds. The summed E-state index contributed by atoms with van der Waals surface area (Å²) >= 11 is 0. The van der Waals surface area contributed by atoms with Gasteiger partial charge in [0.25, 0.3) is 5.56 Å². The Morgan fingerprint density at radius 1 is 0.909 bits per heavy atom. The van der Waals surface area contributed by atoms with Crippen molar-refractivity contribution in [1.82, 2.24) is 15.0 Å². The fourth-order valence-electron chi connectivity index (χ4n) is 2.44. The lowest BCUT2D eigenvalue weighted by Crippen LogP contribution is -2.09. The van der Waals surface area contributed by atoms with E-state index >= 15 is 0 Å². The van der Waals surface area contributed by atoms with Crippen LogP contribution in [-0.2, 0) is 0 Å². The molecule has 0 saturated heterocycles. The Morgan fingerprint density at radius 3 is 2.68 bits per heavy atom. The van der Waals surface area contributed by atoms with Gasteiger partial charge in [-0.2, -0.15) is 0 Å². The summed E-state index contributed by atoms with van der Waals surface area (Å²) in [5.41, 5.74) is 1.60. The molecule has 0 fully saturated rings. The lowest BCUT2D eigenvalue weighted by Gasteiger charge is -2.04. The first kappa shape index (κ1) is 12.6. The molecule has 2 heterocycles. The van der Waals surface area contributed by atoms with Gasteiger partial charge in [0, 0.05) is 5.39 Å². The largest absolute Gasteiger partial charge is 0.305 e. The minimum atomic E-state index is -0.306. The number of nitrogens with zero attached hydrogens (tertiary/aromatic N) is 2. The number of aromatic amines is 1. The van der Waals surface area contributed by atoms with Gasteiger partial charge in [-0.25, -0.2) is 14.4 Å². The molecular weight excluding hydrogens is 281 g/mol. The number of pyridine rings is 1. The van der Waals surface area contributed by atoms with Crippen molar-refractivity contribution in [2.24, 2.45) is 0 Å². The fourth-order valence-corrected chi connectivity index (χ4v) is 2.44. The zero-order chi connectivity index (χ0) is 15.1. The van der Waals surface area contributed by atoms with Crippen LogP contribution < -0.4 is 5.56 Å². The second kappa shape index (κ2) is 4.73. The summed E-state index contributed by atoms with van der Waals surface area (Å²) in [6, 6.07) is 15.0. The Labute approximate surface area is 124 Å². The third kappa shape index (κ3) is 2.03. The van der Waals surface area contributed by atoms with Crippen LogP contribution in [0.5, 0.6) is 0 Å². The lowest BCUT2D eigenvalue weighted by molar-refractivity contribution is 0.629. The summed E-state index contributed by atoms with van der Waals surface area (Å²) in [7, 11) is 0. The highest BCUT2D eigenvalue weighted by Crippen LogP contribution is 2.19. The maximum absolute atomic E-state index is 13.2. The average Bonchev–Trinajstić information content (AvgIpc) is 2.54. The highest BCUT2D eigenvalue weighted by Gasteiger charge is 2.07. The summed E-state index contributed by atoms with van der Waals surface area (Å²) in [6.45, 7) is 0. The number of aromatic nitrogens is 3. The Morgan fingerprint density at radius 2 is 1.77 bits per heavy atom. The molecule has 0 bridgehead atoms. The van der Waals surface area contributed by atoms with E-state index in [-0.39, 0.29) is 11.4 Å². The molecule has 5 heteroatoms. The van der Waals surface area contributed by atoms with E-state index in [1.807, 2.05) is 6.07 Å². The summed E-state index contributed by atoms with van der Waals surface area (Å²) in [5, 5.41) is 1.24. The number of nitrogens with one attached hydrogen (secondary N) is 1. The Bertz CT molecular complexity index is 1070. The highest BCUT2D eigenvalue weighted by molar-refractivity contribution is 5.82. The van der Waals surface area contributed by atoms with Crippen LogP contribution in [0.2, 0.25) is 0 Å². The fraction of sp³-hybridized carbons (Fsp3) is 0. The first-order valence-corrected chi connectivity index (χ1v) is 6.76. The first-order valence-electron chi connectivity index (χ1n) is 6.76. The van der Waals surface area contributed by atoms with Crippen LogP contribution in [-0.4, -0.2) is 15.0 Å². The number of rotatable bonds is 1. The molecule has 2 aromatic heterocycles. The quantitative estimate of drug-likeness (QED) is 0.585. The van der Waals surface area contributed by atoms with Crippen LogP contribution in [0.3, 0.4) is 0 Å². The first-order chi connectivity index (χ1) is 10.7. The van der Waals surface area contributed by atoms with Crippen molar-refractivity contribution in [3.63, 3.8) is 0 Å². The standard InChI is InChI=1S/C17H10FN3O/c18-11-6-8-13-10(9-11)5-7-15(19-13)16-20-14-4-2-1-3-12(14)17(22)21-16/h1-9H,(H,20,21,22). The zero-order valence-corrected chi connectivity index (χ0v) is 11.4. The van der Waals surface area contributed by atoms with Gasteiger partial charge in [-0.05, 0) is 36.4 Å². The summed E-state index contributed by atoms with van der Waals surface area (Å²) in [6.07, 6.45) is 0. The number of hydrogen-bond donors (Lipinski definition) is 1. The highest BCUT2D eigenvalue weighted by atomic mass is 19.1. The summed E-state index contributed by atoms with van der Waals surface area (Å²) < 4.78 is 13.2. The minimum absolute atomic E-state index is 0.207. The van der Waals surface area contributed by atoms with Gasteiger partial charge in [0.2, 0.25) is 0 Å². The normalized spacial score (nSPS) is 11.1. The molecule has 0 aliphatic heterocycles. The number of benzene rings is 2. The van der Waals surface area contributed by atoms with Gasteiger partial charge in [0.15, 0.2) is 5.82 Å². The van der Waals surface area contributed by atoms with Crippen molar-refractivity contribution in [2.45, 2.75) is 0 Å². The Kier molecular flexibility index (Phi) is 2.72. The molecule has 1 N–H and O–H groups in total. The molecule has 0 aliphatic carbocycles. The topological polar surface area (TPSA) is 58.6 Å². The van der Waals surface area contributed by atoms with Crippen LogP contribution in [0.1, 0.15) is 0 Å². The summed E-state index contributed by atoms with van der Waals surface area (Å²) in [4.78, 5) is 23.7. The summed E-state index contributed by atoms with van der Waals surface area (Å²) in [5.74, 6) is 0.0919. The average molecular weight is 291 g/mol. The predicted octanol–water partition coefficient (Wildman–Crippen LogP) is 3.28. The van der Waals surface area contributed by atoms with Gasteiger partial charge in [0.05, 0.1) is 16.4 Å². The number of hydrogen-bond acceptors (Lipinski definition) is 3. The zero-order valence-electron chi connectivity index (χ0n) is 11.4. The molecule has 4 rings (SSSR count). The smallest absolute Gasteiger partial charge is 0.259 e. The van der Waals surface area contributed by atoms with E-state index in [2.05, 4.69) is 15.0 Å². The molecule has 22 heavy (non-hydrogen) atoms. The van der Waals surface area contributed by atoms with E-state index in [0.29, 0.717) is 33.3 Å². The van der Waals surface area contributed by atoms with Crippen LogP contribution in [0.4, 0.5) is 4.39 Å². The van der Waals surface area contributed by atoms with E-state index in [1.165, 1.54) is 12.1 Å². The molecule has 4 nitrogen and oxygen atoms in total. The van der Waals surface area contributed by atoms with Gasteiger partial charge in [-0.3, -0.25) is 4.79 Å². The van der Waals surface area contributed by atoms with Crippen molar-refractivity contribution in [3.8, 4) is 11.5 Å². The van der Waals surface area contributed by atoms with Crippen molar-refractivity contribution in [2.75, 3.05) is 0 Å². The second-order valence-electron chi connectivity index (χ2n) is 4.97. The van der Waals surface area contributed by atoms with Crippen LogP contribution in [0.25, 0.3) is 33.3 Å². The molecule has 0 atom stereocenters. The lowest BCUT2D eigenvalue weighted by atomic mass is 10.2.